The van der Waals surface area contributed by atoms with Crippen LogP contribution in [-0.4, -0.2) is 10.4 Å². The van der Waals surface area contributed by atoms with Crippen molar-refractivity contribution >= 4 is 44.7 Å². The summed E-state index contributed by atoms with van der Waals surface area (Å²) in [7, 11) is 0. The first-order valence-corrected chi connectivity index (χ1v) is 18.3. The lowest BCUT2D eigenvalue weighted by Gasteiger charge is -2.42. The number of amidine groups is 1. The number of hydrogen-bond donors (Lipinski definition) is 2. The Morgan fingerprint density at radius 3 is 2.00 bits per heavy atom. The molecule has 0 saturated carbocycles. The van der Waals surface area contributed by atoms with Crippen molar-refractivity contribution in [3.05, 3.63) is 204 Å². The Hall–Kier alpha value is -6.43. The van der Waals surface area contributed by atoms with E-state index in [4.69, 9.17) is 10.7 Å². The molecule has 2 heterocycles. The van der Waals surface area contributed by atoms with Crippen LogP contribution < -0.4 is 16.0 Å². The first-order chi connectivity index (χ1) is 26.0. The van der Waals surface area contributed by atoms with Crippen LogP contribution in [0.1, 0.15) is 47.8 Å². The van der Waals surface area contributed by atoms with E-state index in [9.17, 15) is 0 Å². The van der Waals surface area contributed by atoms with Crippen molar-refractivity contribution in [2.75, 3.05) is 4.90 Å². The van der Waals surface area contributed by atoms with Crippen LogP contribution >= 0.6 is 0 Å². The van der Waals surface area contributed by atoms with E-state index in [2.05, 4.69) is 156 Å². The normalized spacial score (nSPS) is 14.2. The molecule has 3 N–H and O–H groups in total. The molecule has 0 saturated heterocycles. The molecule has 1 aliphatic rings. The van der Waals surface area contributed by atoms with Gasteiger partial charge in [-0.2, -0.15) is 0 Å². The summed E-state index contributed by atoms with van der Waals surface area (Å²) in [5.41, 5.74) is 19.2. The molecule has 8 aromatic rings. The van der Waals surface area contributed by atoms with E-state index in [-0.39, 0.29) is 5.41 Å². The van der Waals surface area contributed by atoms with E-state index in [1.807, 2.05) is 48.5 Å². The Morgan fingerprint density at radius 1 is 0.604 bits per heavy atom. The molecule has 0 aliphatic carbocycles. The highest BCUT2D eigenvalue weighted by atomic mass is 15.2. The van der Waals surface area contributed by atoms with Crippen molar-refractivity contribution in [2.24, 2.45) is 10.7 Å². The van der Waals surface area contributed by atoms with Crippen molar-refractivity contribution in [3.63, 3.8) is 0 Å². The van der Waals surface area contributed by atoms with E-state index in [0.29, 0.717) is 6.54 Å². The number of hydrogen-bond acceptors (Lipinski definition) is 3. The van der Waals surface area contributed by atoms with Gasteiger partial charge in [-0.05, 0) is 82.9 Å². The molecular formula is C48H41N5. The second-order valence-corrected chi connectivity index (χ2v) is 14.3. The lowest BCUT2D eigenvalue weighted by atomic mass is 9.73. The molecule has 9 rings (SSSR count). The predicted molar refractivity (Wildman–Crippen MR) is 221 cm³/mol. The van der Waals surface area contributed by atoms with Gasteiger partial charge in [-0.15, -0.1) is 0 Å². The third kappa shape index (κ3) is 5.76. The summed E-state index contributed by atoms with van der Waals surface area (Å²) in [5.74, 6) is 0.759. The number of anilines is 3. The molecule has 53 heavy (non-hydrogen) atoms. The summed E-state index contributed by atoms with van der Waals surface area (Å²) in [5, 5.41) is 5.96. The molecule has 0 amide bonds. The largest absolute Gasteiger partial charge is 0.351 e. The minimum atomic E-state index is -0.405. The third-order valence-electron chi connectivity index (χ3n) is 10.6. The van der Waals surface area contributed by atoms with Crippen LogP contribution in [-0.2, 0) is 12.0 Å². The molecule has 1 unspecified atom stereocenters. The monoisotopic (exact) mass is 687 g/mol. The van der Waals surface area contributed by atoms with Gasteiger partial charge in [0, 0.05) is 33.1 Å². The number of aliphatic imine (C=N–C) groups is 1. The van der Waals surface area contributed by atoms with Gasteiger partial charge >= 0.3 is 0 Å². The van der Waals surface area contributed by atoms with Gasteiger partial charge in [0.2, 0.25) is 0 Å². The first-order valence-electron chi connectivity index (χ1n) is 18.3. The summed E-state index contributed by atoms with van der Waals surface area (Å²) in [4.78, 5) is 7.48. The molecule has 5 heteroatoms. The van der Waals surface area contributed by atoms with Gasteiger partial charge in [-0.3, -0.25) is 4.99 Å². The van der Waals surface area contributed by atoms with Gasteiger partial charge in [-0.25, -0.2) is 0 Å². The standard InChI is InChI=1S/C48H41N5/c1-48(2)40-23-13-15-25-43(40)53(36-20-10-5-11-21-36)45-30-39-38-22-12-14-24-42(38)52(44(39)31-41(45)48)37-28-26-35(27-29-37)47(50-32-33-16-6-3-7-17-33)51-46(49)34-18-8-4-9-19-34/h3-31,46H,32,49H2,1-2H3,(H,50,51). The molecule has 5 nitrogen and oxygen atoms in total. The van der Waals surface area contributed by atoms with Crippen molar-refractivity contribution in [3.8, 4) is 5.69 Å². The molecule has 1 aliphatic heterocycles. The number of nitrogens with zero attached hydrogens (tertiary/aromatic N) is 3. The van der Waals surface area contributed by atoms with Crippen molar-refractivity contribution in [1.82, 2.24) is 9.88 Å². The van der Waals surface area contributed by atoms with Crippen LogP contribution in [0.5, 0.6) is 0 Å². The maximum absolute atomic E-state index is 6.69. The van der Waals surface area contributed by atoms with Crippen molar-refractivity contribution < 1.29 is 0 Å². The topological polar surface area (TPSA) is 58.6 Å². The average Bonchev–Trinajstić information content (AvgIpc) is 3.53. The summed E-state index contributed by atoms with van der Waals surface area (Å²) < 4.78 is 2.40. The molecule has 0 spiro atoms. The number of benzene rings is 7. The summed E-state index contributed by atoms with van der Waals surface area (Å²) in [6.07, 6.45) is -0.405. The van der Waals surface area contributed by atoms with Crippen LogP contribution in [0.2, 0.25) is 0 Å². The first kappa shape index (κ1) is 32.5. The zero-order valence-electron chi connectivity index (χ0n) is 29.9. The van der Waals surface area contributed by atoms with Crippen molar-refractivity contribution in [2.45, 2.75) is 32.0 Å². The molecule has 0 bridgehead atoms. The highest BCUT2D eigenvalue weighted by molar-refractivity contribution is 6.12. The van der Waals surface area contributed by atoms with Gasteiger partial charge in [0.25, 0.3) is 0 Å². The minimum absolute atomic E-state index is 0.218. The zero-order chi connectivity index (χ0) is 35.9. The summed E-state index contributed by atoms with van der Waals surface area (Å²) >= 11 is 0. The molecule has 7 aromatic carbocycles. The number of para-hydroxylation sites is 3. The number of rotatable bonds is 7. The van der Waals surface area contributed by atoms with E-state index in [1.54, 1.807) is 0 Å². The van der Waals surface area contributed by atoms with Gasteiger partial charge in [0.15, 0.2) is 0 Å². The maximum Gasteiger partial charge on any atom is 0.130 e. The highest BCUT2D eigenvalue weighted by Crippen LogP contribution is 2.53. The Balaban J connectivity index is 1.18. The molecular weight excluding hydrogens is 647 g/mol. The quantitative estimate of drug-likeness (QED) is 0.0996. The molecule has 258 valence electrons. The second-order valence-electron chi connectivity index (χ2n) is 14.3. The Bertz CT molecular complexity index is 2590. The summed E-state index contributed by atoms with van der Waals surface area (Å²) in [6, 6.07) is 62.2. The fourth-order valence-electron chi connectivity index (χ4n) is 7.93. The molecule has 0 fully saturated rings. The number of nitrogens with two attached hydrogens (primary N) is 1. The Labute approximate surface area is 310 Å². The van der Waals surface area contributed by atoms with Gasteiger partial charge in [-0.1, -0.05) is 129 Å². The predicted octanol–water partition coefficient (Wildman–Crippen LogP) is 11.1. The Kier molecular flexibility index (Phi) is 8.14. The third-order valence-corrected chi connectivity index (χ3v) is 10.6. The second kappa shape index (κ2) is 13.3. The van der Waals surface area contributed by atoms with E-state index in [0.717, 1.165) is 33.9 Å². The molecule has 1 atom stereocenters. The van der Waals surface area contributed by atoms with E-state index >= 15 is 0 Å². The van der Waals surface area contributed by atoms with Crippen molar-refractivity contribution in [1.29, 1.82) is 0 Å². The van der Waals surface area contributed by atoms with Gasteiger partial charge < -0.3 is 20.5 Å². The van der Waals surface area contributed by atoms with E-state index in [1.165, 1.54) is 44.3 Å². The fourth-order valence-corrected chi connectivity index (χ4v) is 7.93. The van der Waals surface area contributed by atoms with Gasteiger partial charge in [0.05, 0.1) is 29.0 Å². The van der Waals surface area contributed by atoms with Crippen LogP contribution in [0.4, 0.5) is 17.1 Å². The zero-order valence-corrected chi connectivity index (χ0v) is 29.9. The molecule has 1 aromatic heterocycles. The van der Waals surface area contributed by atoms with Gasteiger partial charge in [0.1, 0.15) is 12.0 Å². The van der Waals surface area contributed by atoms with E-state index < -0.39 is 6.17 Å². The van der Waals surface area contributed by atoms with Crippen LogP contribution in [0, 0.1) is 0 Å². The number of nitrogens with one attached hydrogen (secondary N) is 1. The fraction of sp³-hybridized carbons (Fsp3) is 0.104. The SMILES string of the molecule is CC1(C)c2ccccc2N(c2ccccc2)c2cc3c4ccccc4n(-c4ccc(C(=NCc5ccccc5)NC(N)c5ccccc5)cc4)c3cc21. The maximum atomic E-state index is 6.69. The lowest BCUT2D eigenvalue weighted by Crippen LogP contribution is -2.34. The van der Waals surface area contributed by atoms with Crippen LogP contribution in [0.15, 0.2) is 181 Å². The number of fused-ring (bicyclic) bond motifs is 5. The Morgan fingerprint density at radius 2 is 1.25 bits per heavy atom. The average molecular weight is 688 g/mol. The minimum Gasteiger partial charge on any atom is -0.351 e. The van der Waals surface area contributed by atoms with Crippen LogP contribution in [0.25, 0.3) is 27.5 Å². The summed E-state index contributed by atoms with van der Waals surface area (Å²) in [6.45, 7) is 5.25. The lowest BCUT2D eigenvalue weighted by molar-refractivity contribution is 0.632. The number of aromatic nitrogens is 1. The highest BCUT2D eigenvalue weighted by Gasteiger charge is 2.37. The molecule has 0 radical (unpaired) electrons. The smallest absolute Gasteiger partial charge is 0.130 e. The van der Waals surface area contributed by atoms with Crippen LogP contribution in [0.3, 0.4) is 0 Å².